The van der Waals surface area contributed by atoms with Gasteiger partial charge in [-0.3, -0.25) is 0 Å². The molecule has 0 unspecified atom stereocenters. The molecule has 1 heterocycles. The molecule has 0 atom stereocenters. The van der Waals surface area contributed by atoms with E-state index in [9.17, 15) is 14.4 Å². The van der Waals surface area contributed by atoms with Crippen LogP contribution in [0.25, 0.3) is 0 Å². The van der Waals surface area contributed by atoms with Crippen LogP contribution in [0.2, 0.25) is 0 Å². The third-order valence-electron chi connectivity index (χ3n) is 2.28. The van der Waals surface area contributed by atoms with Crippen LogP contribution in [0, 0.1) is 0 Å². The number of thiazole rings is 1. The van der Waals surface area contributed by atoms with Gasteiger partial charge in [-0.2, -0.15) is 4.90 Å². The highest BCUT2D eigenvalue weighted by Gasteiger charge is 2.36. The third kappa shape index (κ3) is 5.48. The van der Waals surface area contributed by atoms with E-state index in [-0.39, 0.29) is 10.7 Å². The van der Waals surface area contributed by atoms with Crippen molar-refractivity contribution in [2.24, 2.45) is 0 Å². The molecule has 0 aliphatic rings. The summed E-state index contributed by atoms with van der Waals surface area (Å²) in [4.78, 5) is 41.3. The van der Waals surface area contributed by atoms with Crippen molar-refractivity contribution < 1.29 is 28.6 Å². The number of nitrogens with zero attached hydrogens (tertiary/aromatic N) is 2. The van der Waals surface area contributed by atoms with Crippen LogP contribution in [-0.2, 0) is 14.2 Å². The maximum Gasteiger partial charge on any atom is 0.425 e. The maximum absolute atomic E-state index is 12.5. The Morgan fingerprint density at radius 3 is 1.83 bits per heavy atom. The fourth-order valence-corrected chi connectivity index (χ4v) is 2.18. The van der Waals surface area contributed by atoms with Crippen LogP contribution in [-0.4, -0.2) is 41.5 Å². The lowest BCUT2D eigenvalue weighted by atomic mass is 10.2. The molecule has 0 radical (unpaired) electrons. The van der Waals surface area contributed by atoms with E-state index in [4.69, 9.17) is 9.47 Å². The molecule has 24 heavy (non-hydrogen) atoms. The number of aromatic nitrogens is 1. The van der Waals surface area contributed by atoms with Gasteiger partial charge < -0.3 is 14.2 Å². The maximum atomic E-state index is 12.5. The van der Waals surface area contributed by atoms with Gasteiger partial charge in [0, 0.05) is 0 Å². The van der Waals surface area contributed by atoms with Gasteiger partial charge in [0.05, 0.1) is 12.6 Å². The van der Waals surface area contributed by atoms with E-state index < -0.39 is 29.4 Å². The summed E-state index contributed by atoms with van der Waals surface area (Å²) >= 11 is 0.938. The van der Waals surface area contributed by atoms with Gasteiger partial charge in [0.2, 0.25) is 0 Å². The number of methoxy groups -OCH3 is 1. The first-order valence-electron chi connectivity index (χ1n) is 7.13. The molecule has 0 bridgehead atoms. The lowest BCUT2D eigenvalue weighted by Gasteiger charge is -2.27. The predicted molar refractivity (Wildman–Crippen MR) is 88.4 cm³/mol. The molecule has 134 valence electrons. The number of esters is 1. The van der Waals surface area contributed by atoms with Crippen LogP contribution in [0.3, 0.4) is 0 Å². The average Bonchev–Trinajstić information content (AvgIpc) is 2.82. The van der Waals surface area contributed by atoms with Crippen molar-refractivity contribution in [3.8, 4) is 0 Å². The molecule has 0 spiro atoms. The number of hydrogen-bond donors (Lipinski definition) is 0. The minimum Gasteiger partial charge on any atom is -0.465 e. The standard InChI is InChI=1S/C15H22N2O6S/c1-14(2,3)22-12(19)17(13(20)23-15(4,5)6)10-9(11(18)21-7)24-8-16-10/h8H,1-7H3. The highest BCUT2D eigenvalue weighted by molar-refractivity contribution is 7.12. The lowest BCUT2D eigenvalue weighted by molar-refractivity contribution is 0.0429. The Labute approximate surface area is 144 Å². The molecular formula is C15H22N2O6S. The van der Waals surface area contributed by atoms with Crippen molar-refractivity contribution in [2.75, 3.05) is 12.0 Å². The molecule has 9 heteroatoms. The molecule has 0 fully saturated rings. The van der Waals surface area contributed by atoms with Gasteiger partial charge in [0.1, 0.15) is 11.2 Å². The normalized spacial score (nSPS) is 11.6. The molecule has 0 aliphatic heterocycles. The van der Waals surface area contributed by atoms with E-state index in [0.717, 1.165) is 11.3 Å². The molecule has 0 saturated carbocycles. The molecule has 8 nitrogen and oxygen atoms in total. The monoisotopic (exact) mass is 358 g/mol. The second-order valence-electron chi connectivity index (χ2n) is 6.79. The molecule has 0 saturated heterocycles. The van der Waals surface area contributed by atoms with Crippen molar-refractivity contribution in [3.63, 3.8) is 0 Å². The zero-order valence-corrected chi connectivity index (χ0v) is 15.6. The number of hydrogen-bond acceptors (Lipinski definition) is 8. The minimum atomic E-state index is -0.993. The zero-order chi connectivity index (χ0) is 18.7. The number of carbonyl (C=O) groups is 3. The SMILES string of the molecule is COC(=O)c1scnc1N(C(=O)OC(C)(C)C)C(=O)OC(C)(C)C. The topological polar surface area (TPSA) is 95.0 Å². The second-order valence-corrected chi connectivity index (χ2v) is 7.65. The highest BCUT2D eigenvalue weighted by Crippen LogP contribution is 2.27. The van der Waals surface area contributed by atoms with Gasteiger partial charge in [-0.05, 0) is 41.5 Å². The van der Waals surface area contributed by atoms with Gasteiger partial charge >= 0.3 is 18.2 Å². The van der Waals surface area contributed by atoms with E-state index >= 15 is 0 Å². The van der Waals surface area contributed by atoms with Gasteiger partial charge in [-0.25, -0.2) is 19.4 Å². The Morgan fingerprint density at radius 2 is 1.46 bits per heavy atom. The lowest BCUT2D eigenvalue weighted by Crippen LogP contribution is -2.44. The first-order chi connectivity index (χ1) is 10.9. The van der Waals surface area contributed by atoms with E-state index in [0.29, 0.717) is 4.90 Å². The van der Waals surface area contributed by atoms with Crippen LogP contribution >= 0.6 is 11.3 Å². The highest BCUT2D eigenvalue weighted by atomic mass is 32.1. The summed E-state index contributed by atoms with van der Waals surface area (Å²) < 4.78 is 15.1. The molecule has 2 amide bonds. The Kier molecular flexibility index (Phi) is 5.94. The molecule has 1 rings (SSSR count). The number of carbonyl (C=O) groups excluding carboxylic acids is 3. The predicted octanol–water partition coefficient (Wildman–Crippen LogP) is 3.61. The number of imide groups is 1. The van der Waals surface area contributed by atoms with E-state index in [1.165, 1.54) is 12.6 Å². The smallest absolute Gasteiger partial charge is 0.425 e. The van der Waals surface area contributed by atoms with Crippen LogP contribution in [0.4, 0.5) is 15.4 Å². The first-order valence-corrected chi connectivity index (χ1v) is 8.01. The van der Waals surface area contributed by atoms with Crippen molar-refractivity contribution >= 4 is 35.3 Å². The number of anilines is 1. The largest absolute Gasteiger partial charge is 0.465 e. The van der Waals surface area contributed by atoms with E-state index in [1.54, 1.807) is 41.5 Å². The van der Waals surface area contributed by atoms with Crippen molar-refractivity contribution in [1.82, 2.24) is 4.98 Å². The molecule has 0 N–H and O–H groups in total. The molecule has 1 aromatic heterocycles. The van der Waals surface area contributed by atoms with Crippen LogP contribution in [0.5, 0.6) is 0 Å². The summed E-state index contributed by atoms with van der Waals surface area (Å²) in [7, 11) is 1.19. The van der Waals surface area contributed by atoms with Gasteiger partial charge in [-0.1, -0.05) is 0 Å². The molecule has 1 aromatic rings. The first kappa shape index (κ1) is 19.9. The molecule has 0 aromatic carbocycles. The van der Waals surface area contributed by atoms with Crippen LogP contribution < -0.4 is 4.90 Å². The van der Waals surface area contributed by atoms with Crippen molar-refractivity contribution in [3.05, 3.63) is 10.4 Å². The van der Waals surface area contributed by atoms with Gasteiger partial charge in [0.25, 0.3) is 0 Å². The Bertz CT molecular complexity index is 599. The van der Waals surface area contributed by atoms with E-state index in [1.807, 2.05) is 0 Å². The van der Waals surface area contributed by atoms with Gasteiger partial charge in [-0.15, -0.1) is 11.3 Å². The third-order valence-corrected chi connectivity index (χ3v) is 3.08. The Hall–Kier alpha value is -2.16. The summed E-state index contributed by atoms with van der Waals surface area (Å²) in [6, 6.07) is 0. The van der Waals surface area contributed by atoms with Crippen molar-refractivity contribution in [1.29, 1.82) is 0 Å². The number of ether oxygens (including phenoxy) is 3. The Morgan fingerprint density at radius 1 is 1.00 bits per heavy atom. The zero-order valence-electron chi connectivity index (χ0n) is 14.8. The average molecular weight is 358 g/mol. The summed E-state index contributed by atoms with van der Waals surface area (Å²) in [5.74, 6) is -0.903. The minimum absolute atomic E-state index is 0.00535. The number of amides is 2. The van der Waals surface area contributed by atoms with Crippen LogP contribution in [0.1, 0.15) is 51.2 Å². The molecule has 0 aliphatic carbocycles. The summed E-state index contributed by atoms with van der Waals surface area (Å²) in [6.07, 6.45) is -1.99. The fourth-order valence-electron chi connectivity index (χ4n) is 1.49. The quantitative estimate of drug-likeness (QED) is 0.588. The summed E-state index contributed by atoms with van der Waals surface area (Å²) in [5, 5.41) is 0. The fraction of sp³-hybridized carbons (Fsp3) is 0.600. The second kappa shape index (κ2) is 7.16. The summed E-state index contributed by atoms with van der Waals surface area (Å²) in [6.45, 7) is 9.92. The molecular weight excluding hydrogens is 336 g/mol. The van der Waals surface area contributed by atoms with Crippen molar-refractivity contribution in [2.45, 2.75) is 52.7 Å². The van der Waals surface area contributed by atoms with Gasteiger partial charge in [0.15, 0.2) is 10.7 Å². The summed E-state index contributed by atoms with van der Waals surface area (Å²) in [5.41, 5.74) is -0.374. The van der Waals surface area contributed by atoms with Crippen LogP contribution in [0.15, 0.2) is 5.51 Å². The van der Waals surface area contributed by atoms with E-state index in [2.05, 4.69) is 9.72 Å². The number of rotatable bonds is 2. The Balaban J connectivity index is 3.29.